The smallest absolute Gasteiger partial charge is 0.284 e. The van der Waals surface area contributed by atoms with Crippen LogP contribution in [-0.4, -0.2) is 27.3 Å². The van der Waals surface area contributed by atoms with Gasteiger partial charge in [0.2, 0.25) is 11.8 Å². The van der Waals surface area contributed by atoms with Gasteiger partial charge in [-0.15, -0.1) is 10.2 Å². The molecule has 6 nitrogen and oxygen atoms in total. The molecule has 2 heterocycles. The number of ether oxygens (including phenoxy) is 1. The van der Waals surface area contributed by atoms with Crippen molar-refractivity contribution in [1.82, 2.24) is 20.2 Å². The number of nitrogens with zero attached hydrogens (tertiary/aromatic N) is 4. The Morgan fingerprint density at radius 3 is 2.71 bits per heavy atom. The Bertz CT molecular complexity index is 748. The van der Waals surface area contributed by atoms with Crippen molar-refractivity contribution in [3.05, 3.63) is 41.6 Å². The van der Waals surface area contributed by atoms with Gasteiger partial charge in [-0.1, -0.05) is 11.6 Å². The van der Waals surface area contributed by atoms with E-state index < -0.39 is 0 Å². The maximum Gasteiger partial charge on any atom is 0.284 e. The van der Waals surface area contributed by atoms with Crippen LogP contribution in [0.3, 0.4) is 0 Å². The van der Waals surface area contributed by atoms with Crippen molar-refractivity contribution in [3.8, 4) is 17.3 Å². The van der Waals surface area contributed by atoms with E-state index in [2.05, 4.69) is 20.2 Å². The summed E-state index contributed by atoms with van der Waals surface area (Å²) in [6.07, 6.45) is 1.60. The molecule has 21 heavy (non-hydrogen) atoms. The van der Waals surface area contributed by atoms with Crippen LogP contribution in [0.2, 0.25) is 5.02 Å². The topological polar surface area (TPSA) is 73.9 Å². The van der Waals surface area contributed by atoms with Gasteiger partial charge in [0, 0.05) is 34.6 Å². The van der Waals surface area contributed by atoms with Gasteiger partial charge < -0.3 is 9.15 Å². The van der Waals surface area contributed by atoms with Gasteiger partial charge in [-0.2, -0.15) is 4.98 Å². The highest BCUT2D eigenvalue weighted by Gasteiger charge is 2.11. The van der Waals surface area contributed by atoms with E-state index in [1.807, 2.05) is 12.1 Å². The second kappa shape index (κ2) is 6.11. The number of aromatic nitrogens is 4. The van der Waals surface area contributed by atoms with Gasteiger partial charge in [0.25, 0.3) is 5.22 Å². The molecule has 0 radical (unpaired) electrons. The first-order chi connectivity index (χ1) is 10.2. The van der Waals surface area contributed by atoms with Crippen molar-refractivity contribution < 1.29 is 9.15 Å². The predicted molar refractivity (Wildman–Crippen MR) is 77.5 cm³/mol. The van der Waals surface area contributed by atoms with Crippen molar-refractivity contribution in [3.63, 3.8) is 0 Å². The van der Waals surface area contributed by atoms with Crippen molar-refractivity contribution >= 4 is 23.4 Å². The molecule has 0 aliphatic heterocycles. The van der Waals surface area contributed by atoms with Gasteiger partial charge in [-0.25, -0.2) is 4.98 Å². The van der Waals surface area contributed by atoms with Crippen molar-refractivity contribution in [2.45, 2.75) is 10.4 Å². The van der Waals surface area contributed by atoms with Crippen LogP contribution in [0.1, 0.15) is 0 Å². The number of rotatable bonds is 4. The van der Waals surface area contributed by atoms with Crippen LogP contribution in [-0.2, 0) is 0 Å². The molecule has 0 spiro atoms. The molecule has 0 unspecified atom stereocenters. The van der Waals surface area contributed by atoms with Gasteiger partial charge in [-0.05, 0) is 24.3 Å². The average molecular weight is 321 g/mol. The molecule has 2 aromatic heterocycles. The first-order valence-electron chi connectivity index (χ1n) is 5.89. The molecule has 0 bridgehead atoms. The lowest BCUT2D eigenvalue weighted by atomic mass is 10.2. The molecule has 0 saturated carbocycles. The summed E-state index contributed by atoms with van der Waals surface area (Å²) in [5, 5.41) is 9.42. The lowest BCUT2D eigenvalue weighted by Crippen LogP contribution is -1.90. The molecular weight excluding hydrogens is 312 g/mol. The van der Waals surface area contributed by atoms with Crippen LogP contribution in [0.25, 0.3) is 11.5 Å². The molecule has 1 aromatic carbocycles. The Morgan fingerprint density at radius 2 is 1.95 bits per heavy atom. The second-order valence-corrected chi connectivity index (χ2v) is 5.22. The van der Waals surface area contributed by atoms with Gasteiger partial charge in [-0.3, -0.25) is 0 Å². The number of benzene rings is 1. The largest absolute Gasteiger partial charge is 0.481 e. The summed E-state index contributed by atoms with van der Waals surface area (Å²) < 4.78 is 10.6. The Labute approximate surface area is 129 Å². The van der Waals surface area contributed by atoms with E-state index in [-0.39, 0.29) is 0 Å². The fourth-order valence-corrected chi connectivity index (χ4v) is 2.26. The van der Waals surface area contributed by atoms with E-state index in [1.165, 1.54) is 11.8 Å². The molecule has 0 saturated heterocycles. The van der Waals surface area contributed by atoms with E-state index in [0.29, 0.717) is 27.2 Å². The Balaban J connectivity index is 1.80. The lowest BCUT2D eigenvalue weighted by molar-refractivity contribution is 0.392. The quantitative estimate of drug-likeness (QED) is 0.682. The fourth-order valence-electron chi connectivity index (χ4n) is 1.53. The van der Waals surface area contributed by atoms with E-state index in [4.69, 9.17) is 20.8 Å². The Morgan fingerprint density at radius 1 is 1.14 bits per heavy atom. The molecular formula is C13H9ClN4O2S. The van der Waals surface area contributed by atoms with Crippen LogP contribution >= 0.6 is 23.4 Å². The molecule has 0 fully saturated rings. The molecule has 3 rings (SSSR count). The van der Waals surface area contributed by atoms with Crippen molar-refractivity contribution in [2.24, 2.45) is 0 Å². The zero-order chi connectivity index (χ0) is 14.7. The second-order valence-electron chi connectivity index (χ2n) is 3.86. The van der Waals surface area contributed by atoms with E-state index in [9.17, 15) is 0 Å². The molecule has 3 aromatic rings. The van der Waals surface area contributed by atoms with Crippen molar-refractivity contribution in [2.75, 3.05) is 7.11 Å². The summed E-state index contributed by atoms with van der Waals surface area (Å²) in [4.78, 5) is 8.27. The van der Waals surface area contributed by atoms with Crippen molar-refractivity contribution in [1.29, 1.82) is 0 Å². The van der Waals surface area contributed by atoms with Gasteiger partial charge in [0.15, 0.2) is 5.16 Å². The number of halogens is 1. The lowest BCUT2D eigenvalue weighted by Gasteiger charge is -1.99. The van der Waals surface area contributed by atoms with Crippen LogP contribution in [0.15, 0.2) is 51.3 Å². The summed E-state index contributed by atoms with van der Waals surface area (Å²) in [6.45, 7) is 0. The van der Waals surface area contributed by atoms with Crippen LogP contribution < -0.4 is 4.74 Å². The zero-order valence-corrected chi connectivity index (χ0v) is 12.4. The Hall–Kier alpha value is -2.12. The van der Waals surface area contributed by atoms with Crippen LogP contribution in [0.5, 0.6) is 5.88 Å². The van der Waals surface area contributed by atoms with Gasteiger partial charge in [0.05, 0.1) is 7.11 Å². The molecule has 0 aliphatic carbocycles. The van der Waals surface area contributed by atoms with Crippen LogP contribution in [0, 0.1) is 0 Å². The maximum atomic E-state index is 5.84. The Kier molecular flexibility index (Phi) is 4.03. The summed E-state index contributed by atoms with van der Waals surface area (Å²) in [5.74, 6) is 0.891. The third-order valence-electron chi connectivity index (χ3n) is 2.49. The summed E-state index contributed by atoms with van der Waals surface area (Å²) in [7, 11) is 1.54. The minimum Gasteiger partial charge on any atom is -0.481 e. The molecule has 0 atom stereocenters. The van der Waals surface area contributed by atoms with Gasteiger partial charge >= 0.3 is 0 Å². The number of hydrogen-bond acceptors (Lipinski definition) is 7. The summed E-state index contributed by atoms with van der Waals surface area (Å²) in [5.41, 5.74) is 0.797. The van der Waals surface area contributed by atoms with E-state index >= 15 is 0 Å². The molecule has 0 amide bonds. The van der Waals surface area contributed by atoms with Gasteiger partial charge in [0.1, 0.15) is 0 Å². The van der Waals surface area contributed by atoms with E-state index in [1.54, 1.807) is 31.5 Å². The highest BCUT2D eigenvalue weighted by molar-refractivity contribution is 7.98. The third kappa shape index (κ3) is 3.32. The number of methoxy groups -OCH3 is 1. The SMILES string of the molecule is COc1ccnc(Sc2nnc(-c3ccc(Cl)cc3)o2)n1. The normalized spacial score (nSPS) is 10.6. The van der Waals surface area contributed by atoms with Crippen LogP contribution in [0.4, 0.5) is 0 Å². The highest BCUT2D eigenvalue weighted by atomic mass is 35.5. The maximum absolute atomic E-state index is 5.84. The zero-order valence-electron chi connectivity index (χ0n) is 10.9. The minimum atomic E-state index is 0.355. The first kappa shape index (κ1) is 13.8. The predicted octanol–water partition coefficient (Wildman–Crippen LogP) is 3.34. The molecule has 8 heteroatoms. The summed E-state index contributed by atoms with van der Waals surface area (Å²) in [6, 6.07) is 8.81. The van der Waals surface area contributed by atoms with E-state index in [0.717, 1.165) is 5.56 Å². The monoisotopic (exact) mass is 320 g/mol. The average Bonchev–Trinajstić information content (AvgIpc) is 2.96. The highest BCUT2D eigenvalue weighted by Crippen LogP contribution is 2.28. The molecule has 106 valence electrons. The first-order valence-corrected chi connectivity index (χ1v) is 7.08. The fraction of sp³-hybridized carbons (Fsp3) is 0.0769. The molecule has 0 aliphatic rings. The number of hydrogen-bond donors (Lipinski definition) is 0. The standard InChI is InChI=1S/C13H9ClN4O2S/c1-19-10-6-7-15-12(16-10)21-13-18-17-11(20-13)8-2-4-9(14)5-3-8/h2-7H,1H3. The summed E-state index contributed by atoms with van der Waals surface area (Å²) >= 11 is 7.01. The molecule has 0 N–H and O–H groups in total. The minimum absolute atomic E-state index is 0.355. The third-order valence-corrected chi connectivity index (χ3v) is 3.46.